The fourth-order valence-corrected chi connectivity index (χ4v) is 1.69. The van der Waals surface area contributed by atoms with Crippen molar-refractivity contribution in [2.24, 2.45) is 0 Å². The number of nitrogens with zero attached hydrogens (tertiary/aromatic N) is 1. The molecule has 2 aromatic rings. The monoisotopic (exact) mass is 215 g/mol. The highest BCUT2D eigenvalue weighted by atomic mass is 16.5. The summed E-state index contributed by atoms with van der Waals surface area (Å²) in [5.41, 5.74) is 1.87. The summed E-state index contributed by atoms with van der Waals surface area (Å²) < 4.78 is 4.94. The third kappa shape index (κ3) is 2.19. The first kappa shape index (κ1) is 10.6. The third-order valence-corrected chi connectivity index (χ3v) is 2.38. The minimum atomic E-state index is -0.196. The number of fused-ring (bicyclic) bond motifs is 1. The minimum absolute atomic E-state index is 0.196. The topological polar surface area (TPSA) is 39.2 Å². The molecule has 0 bridgehead atoms. The Bertz CT molecular complexity index is 503. The van der Waals surface area contributed by atoms with Crippen LogP contribution in [-0.2, 0) is 16.0 Å². The van der Waals surface area contributed by atoms with Crippen molar-refractivity contribution >= 4 is 16.9 Å². The lowest BCUT2D eigenvalue weighted by atomic mass is 10.1. The Morgan fingerprint density at radius 3 is 3.00 bits per heavy atom. The predicted octanol–water partition coefficient (Wildman–Crippen LogP) is 2.34. The molecule has 0 unspecified atom stereocenters. The average molecular weight is 215 g/mol. The Morgan fingerprint density at radius 2 is 2.19 bits per heavy atom. The van der Waals surface area contributed by atoms with Gasteiger partial charge in [0.05, 0.1) is 18.5 Å². The van der Waals surface area contributed by atoms with Crippen LogP contribution in [0, 0.1) is 0 Å². The lowest BCUT2D eigenvalue weighted by molar-refractivity contribution is -0.142. The maximum absolute atomic E-state index is 11.4. The summed E-state index contributed by atoms with van der Waals surface area (Å²) in [5, 5.41) is 1.01. The summed E-state index contributed by atoms with van der Waals surface area (Å²) in [7, 11) is 0. The van der Waals surface area contributed by atoms with Gasteiger partial charge in [-0.15, -0.1) is 0 Å². The van der Waals surface area contributed by atoms with Gasteiger partial charge < -0.3 is 4.74 Å². The second kappa shape index (κ2) is 4.75. The van der Waals surface area contributed by atoms with E-state index in [-0.39, 0.29) is 5.97 Å². The maximum Gasteiger partial charge on any atom is 0.310 e. The number of hydrogen-bond acceptors (Lipinski definition) is 3. The zero-order valence-electron chi connectivity index (χ0n) is 9.14. The summed E-state index contributed by atoms with van der Waals surface area (Å²) in [6, 6.07) is 9.61. The first-order valence-corrected chi connectivity index (χ1v) is 5.29. The molecule has 0 aliphatic heterocycles. The predicted molar refractivity (Wildman–Crippen MR) is 62.1 cm³/mol. The standard InChI is InChI=1S/C13H13NO2/c1-2-16-13(15)9-10-5-3-7-12-11(10)6-4-8-14-12/h3-8H,2,9H2,1H3. The van der Waals surface area contributed by atoms with E-state index in [0.29, 0.717) is 13.0 Å². The fourth-order valence-electron chi connectivity index (χ4n) is 1.69. The summed E-state index contributed by atoms with van der Waals surface area (Å²) in [5.74, 6) is -0.196. The lowest BCUT2D eigenvalue weighted by Gasteiger charge is -2.05. The molecule has 3 heteroatoms. The molecule has 0 aliphatic rings. The number of ether oxygens (including phenoxy) is 1. The van der Waals surface area contributed by atoms with Gasteiger partial charge >= 0.3 is 5.97 Å². The molecule has 82 valence electrons. The molecule has 0 amide bonds. The molecule has 0 aliphatic carbocycles. The van der Waals surface area contributed by atoms with Gasteiger partial charge in [-0.05, 0) is 24.6 Å². The molecule has 0 spiro atoms. The molecule has 0 N–H and O–H groups in total. The van der Waals surface area contributed by atoms with Crippen molar-refractivity contribution in [1.82, 2.24) is 4.98 Å². The second-order valence-electron chi connectivity index (χ2n) is 3.47. The average Bonchev–Trinajstić information content (AvgIpc) is 2.30. The summed E-state index contributed by atoms with van der Waals surface area (Å²) in [6.45, 7) is 2.23. The van der Waals surface area contributed by atoms with Crippen LogP contribution in [0.25, 0.3) is 10.9 Å². The molecule has 0 saturated carbocycles. The summed E-state index contributed by atoms with van der Waals surface area (Å²) >= 11 is 0. The first-order chi connectivity index (χ1) is 7.81. The van der Waals surface area contributed by atoms with Crippen molar-refractivity contribution in [1.29, 1.82) is 0 Å². The van der Waals surface area contributed by atoms with E-state index in [4.69, 9.17) is 4.74 Å². The molecule has 0 atom stereocenters. The van der Waals surface area contributed by atoms with Crippen molar-refractivity contribution in [2.45, 2.75) is 13.3 Å². The van der Waals surface area contributed by atoms with E-state index in [1.165, 1.54) is 0 Å². The van der Waals surface area contributed by atoms with E-state index in [9.17, 15) is 4.79 Å². The van der Waals surface area contributed by atoms with Crippen LogP contribution in [0.2, 0.25) is 0 Å². The highest BCUT2D eigenvalue weighted by Crippen LogP contribution is 2.17. The van der Waals surface area contributed by atoms with Crippen LogP contribution in [0.3, 0.4) is 0 Å². The number of carbonyl (C=O) groups excluding carboxylic acids is 1. The van der Waals surface area contributed by atoms with Gasteiger partial charge in [-0.3, -0.25) is 9.78 Å². The molecular weight excluding hydrogens is 202 g/mol. The Labute approximate surface area is 94.1 Å². The fraction of sp³-hybridized carbons (Fsp3) is 0.231. The quantitative estimate of drug-likeness (QED) is 0.738. The van der Waals surface area contributed by atoms with Gasteiger partial charge in [0.15, 0.2) is 0 Å². The van der Waals surface area contributed by atoms with Crippen LogP contribution in [0.15, 0.2) is 36.5 Å². The number of hydrogen-bond donors (Lipinski definition) is 0. The van der Waals surface area contributed by atoms with E-state index in [2.05, 4.69) is 4.98 Å². The van der Waals surface area contributed by atoms with Gasteiger partial charge in [-0.2, -0.15) is 0 Å². The van der Waals surface area contributed by atoms with Crippen molar-refractivity contribution in [2.75, 3.05) is 6.61 Å². The van der Waals surface area contributed by atoms with Gasteiger partial charge in [0, 0.05) is 11.6 Å². The smallest absolute Gasteiger partial charge is 0.310 e. The van der Waals surface area contributed by atoms with Crippen LogP contribution in [0.1, 0.15) is 12.5 Å². The second-order valence-corrected chi connectivity index (χ2v) is 3.47. The summed E-state index contributed by atoms with van der Waals surface area (Å²) in [4.78, 5) is 15.7. The largest absolute Gasteiger partial charge is 0.466 e. The van der Waals surface area contributed by atoms with E-state index in [0.717, 1.165) is 16.5 Å². The van der Waals surface area contributed by atoms with Crippen LogP contribution in [0.5, 0.6) is 0 Å². The van der Waals surface area contributed by atoms with Crippen LogP contribution >= 0.6 is 0 Å². The van der Waals surface area contributed by atoms with E-state index < -0.39 is 0 Å². The van der Waals surface area contributed by atoms with Crippen LogP contribution in [-0.4, -0.2) is 17.6 Å². The van der Waals surface area contributed by atoms with Gasteiger partial charge in [-0.1, -0.05) is 18.2 Å². The first-order valence-electron chi connectivity index (χ1n) is 5.29. The molecule has 0 fully saturated rings. The molecule has 0 saturated heterocycles. The number of aromatic nitrogens is 1. The number of rotatable bonds is 3. The molecule has 2 rings (SSSR count). The molecule has 16 heavy (non-hydrogen) atoms. The zero-order valence-corrected chi connectivity index (χ0v) is 9.14. The van der Waals surface area contributed by atoms with Crippen LogP contribution in [0.4, 0.5) is 0 Å². The van der Waals surface area contributed by atoms with Crippen molar-refractivity contribution < 1.29 is 9.53 Å². The van der Waals surface area contributed by atoms with E-state index >= 15 is 0 Å². The number of carbonyl (C=O) groups is 1. The molecular formula is C13H13NO2. The molecule has 1 heterocycles. The van der Waals surface area contributed by atoms with E-state index in [1.54, 1.807) is 6.20 Å². The normalized spacial score (nSPS) is 10.3. The van der Waals surface area contributed by atoms with Crippen LogP contribution < -0.4 is 0 Å². The van der Waals surface area contributed by atoms with Crippen molar-refractivity contribution in [3.63, 3.8) is 0 Å². The zero-order chi connectivity index (χ0) is 11.4. The Morgan fingerprint density at radius 1 is 1.31 bits per heavy atom. The SMILES string of the molecule is CCOC(=O)Cc1cccc2ncccc12. The maximum atomic E-state index is 11.4. The highest BCUT2D eigenvalue weighted by molar-refractivity contribution is 5.86. The minimum Gasteiger partial charge on any atom is -0.466 e. The van der Waals surface area contributed by atoms with Gasteiger partial charge in [0.2, 0.25) is 0 Å². The lowest BCUT2D eigenvalue weighted by Crippen LogP contribution is -2.07. The van der Waals surface area contributed by atoms with Gasteiger partial charge in [0.25, 0.3) is 0 Å². The number of pyridine rings is 1. The van der Waals surface area contributed by atoms with E-state index in [1.807, 2.05) is 37.3 Å². The van der Waals surface area contributed by atoms with Gasteiger partial charge in [-0.25, -0.2) is 0 Å². The Balaban J connectivity index is 2.33. The third-order valence-electron chi connectivity index (χ3n) is 2.38. The number of esters is 1. The van der Waals surface area contributed by atoms with Gasteiger partial charge in [0.1, 0.15) is 0 Å². The Hall–Kier alpha value is -1.90. The molecule has 1 aromatic carbocycles. The molecule has 1 aromatic heterocycles. The molecule has 0 radical (unpaired) electrons. The Kier molecular flexibility index (Phi) is 3.15. The highest BCUT2D eigenvalue weighted by Gasteiger charge is 2.07. The summed E-state index contributed by atoms with van der Waals surface area (Å²) in [6.07, 6.45) is 2.05. The molecule has 3 nitrogen and oxygen atoms in total. The number of benzene rings is 1. The van der Waals surface area contributed by atoms with Crippen molar-refractivity contribution in [3.05, 3.63) is 42.1 Å². The van der Waals surface area contributed by atoms with Crippen molar-refractivity contribution in [3.8, 4) is 0 Å².